The average Bonchev–Trinajstić information content (AvgIpc) is 1.95. The summed E-state index contributed by atoms with van der Waals surface area (Å²) in [5.41, 5.74) is 0. The van der Waals surface area contributed by atoms with E-state index in [1.54, 1.807) is 0 Å². The smallest absolute Gasteiger partial charge is 0.0883 e. The zero-order valence-corrected chi connectivity index (χ0v) is 6.64. The van der Waals surface area contributed by atoms with E-state index in [1.807, 2.05) is 6.08 Å². The number of allylic oxidation sites excluding steroid dienone is 2. The molecule has 1 aliphatic rings. The molecule has 0 aromatic rings. The first kappa shape index (κ1) is 7.64. The van der Waals surface area contributed by atoms with Crippen molar-refractivity contribution in [2.45, 2.75) is 39.0 Å². The fourth-order valence-corrected chi connectivity index (χ4v) is 1.55. The summed E-state index contributed by atoms with van der Waals surface area (Å²) in [6, 6.07) is 0. The fraction of sp³-hybridized carbons (Fsp3) is 0.778. The van der Waals surface area contributed by atoms with Gasteiger partial charge in [0.2, 0.25) is 0 Å². The van der Waals surface area contributed by atoms with E-state index in [4.69, 9.17) is 5.11 Å². The third-order valence-corrected chi connectivity index (χ3v) is 2.19. The lowest BCUT2D eigenvalue weighted by atomic mass is 9.90. The van der Waals surface area contributed by atoms with Crippen LogP contribution in [0.3, 0.4) is 0 Å². The van der Waals surface area contributed by atoms with Crippen molar-refractivity contribution in [3.63, 3.8) is 0 Å². The first-order valence-corrected chi connectivity index (χ1v) is 4.21. The van der Waals surface area contributed by atoms with Gasteiger partial charge in [-0.3, -0.25) is 0 Å². The summed E-state index contributed by atoms with van der Waals surface area (Å²) in [4.78, 5) is 0. The maximum atomic E-state index is 9.06. The van der Waals surface area contributed by atoms with Crippen LogP contribution in [0.4, 0.5) is 0 Å². The van der Waals surface area contributed by atoms with Gasteiger partial charge < -0.3 is 5.11 Å². The molecule has 0 aromatic heterocycles. The van der Waals surface area contributed by atoms with Gasteiger partial charge in [-0.25, -0.2) is 0 Å². The lowest BCUT2D eigenvalue weighted by molar-refractivity contribution is 0.327. The normalized spacial score (nSPS) is 26.1. The Labute approximate surface area is 62.8 Å². The molecule has 0 heterocycles. The molecule has 1 atom stereocenters. The minimum absolute atomic E-state index is 0.604. The molecule has 1 rings (SSSR count). The summed E-state index contributed by atoms with van der Waals surface area (Å²) in [6.07, 6.45) is 7.77. The molecule has 0 bridgehead atoms. The summed E-state index contributed by atoms with van der Waals surface area (Å²) >= 11 is 0. The minimum Gasteiger partial charge on any atom is -0.513 e. The Balaban J connectivity index is 2.27. The van der Waals surface area contributed by atoms with Gasteiger partial charge in [-0.1, -0.05) is 19.8 Å². The van der Waals surface area contributed by atoms with E-state index in [2.05, 4.69) is 6.92 Å². The molecule has 1 N–H and O–H groups in total. The molecule has 1 aliphatic carbocycles. The Hall–Kier alpha value is -0.460. The van der Waals surface area contributed by atoms with Gasteiger partial charge in [0.05, 0.1) is 5.76 Å². The van der Waals surface area contributed by atoms with E-state index in [-0.39, 0.29) is 0 Å². The van der Waals surface area contributed by atoms with Crippen molar-refractivity contribution in [2.75, 3.05) is 0 Å². The lowest BCUT2D eigenvalue weighted by Crippen LogP contribution is -2.04. The number of aliphatic hydroxyl groups is 1. The predicted molar refractivity (Wildman–Crippen MR) is 43.0 cm³/mol. The lowest BCUT2D eigenvalue weighted by Gasteiger charge is -2.17. The number of hydrogen-bond donors (Lipinski definition) is 1. The Morgan fingerprint density at radius 1 is 1.70 bits per heavy atom. The second-order valence-electron chi connectivity index (χ2n) is 3.12. The van der Waals surface area contributed by atoms with Gasteiger partial charge in [0.25, 0.3) is 0 Å². The molecule has 0 radical (unpaired) electrons. The quantitative estimate of drug-likeness (QED) is 0.625. The van der Waals surface area contributed by atoms with Crippen LogP contribution < -0.4 is 0 Å². The topological polar surface area (TPSA) is 20.2 Å². The molecule has 1 unspecified atom stereocenters. The SMILES string of the molecule is CCCC1CC=C(O)CC1. The van der Waals surface area contributed by atoms with Gasteiger partial charge >= 0.3 is 0 Å². The third-order valence-electron chi connectivity index (χ3n) is 2.19. The standard InChI is InChI=1S/C9H16O/c1-2-3-8-4-6-9(10)7-5-8/h6,8,10H,2-5,7H2,1H3. The van der Waals surface area contributed by atoms with E-state index >= 15 is 0 Å². The molecule has 0 spiro atoms. The van der Waals surface area contributed by atoms with Gasteiger partial charge in [-0.2, -0.15) is 0 Å². The second-order valence-corrected chi connectivity index (χ2v) is 3.12. The van der Waals surface area contributed by atoms with E-state index in [0.29, 0.717) is 5.76 Å². The maximum Gasteiger partial charge on any atom is 0.0883 e. The van der Waals surface area contributed by atoms with E-state index in [9.17, 15) is 0 Å². The van der Waals surface area contributed by atoms with Crippen molar-refractivity contribution in [2.24, 2.45) is 5.92 Å². The van der Waals surface area contributed by atoms with Gasteiger partial charge in [0, 0.05) is 6.42 Å². The van der Waals surface area contributed by atoms with Crippen molar-refractivity contribution in [3.8, 4) is 0 Å². The van der Waals surface area contributed by atoms with E-state index in [1.165, 1.54) is 19.3 Å². The van der Waals surface area contributed by atoms with Crippen LogP contribution in [0.15, 0.2) is 11.8 Å². The highest BCUT2D eigenvalue weighted by Crippen LogP contribution is 2.25. The van der Waals surface area contributed by atoms with Crippen molar-refractivity contribution in [3.05, 3.63) is 11.8 Å². The molecular formula is C9H16O. The summed E-state index contributed by atoms with van der Waals surface area (Å²) < 4.78 is 0. The predicted octanol–water partition coefficient (Wildman–Crippen LogP) is 3.03. The molecule has 0 saturated carbocycles. The molecule has 1 heteroatoms. The van der Waals surface area contributed by atoms with Crippen LogP contribution >= 0.6 is 0 Å². The fourth-order valence-electron chi connectivity index (χ4n) is 1.55. The maximum absolute atomic E-state index is 9.06. The average molecular weight is 140 g/mol. The van der Waals surface area contributed by atoms with Crippen LogP contribution in [-0.2, 0) is 0 Å². The summed E-state index contributed by atoms with van der Waals surface area (Å²) in [7, 11) is 0. The number of rotatable bonds is 2. The zero-order valence-electron chi connectivity index (χ0n) is 6.64. The largest absolute Gasteiger partial charge is 0.513 e. The molecule has 0 fully saturated rings. The first-order chi connectivity index (χ1) is 4.83. The van der Waals surface area contributed by atoms with Crippen LogP contribution in [-0.4, -0.2) is 5.11 Å². The molecule has 0 aliphatic heterocycles. The molecular weight excluding hydrogens is 124 g/mol. The van der Waals surface area contributed by atoms with E-state index < -0.39 is 0 Å². The Bertz CT molecular complexity index is 127. The monoisotopic (exact) mass is 140 g/mol. The highest BCUT2D eigenvalue weighted by molar-refractivity contribution is 4.96. The van der Waals surface area contributed by atoms with Crippen LogP contribution in [0.25, 0.3) is 0 Å². The van der Waals surface area contributed by atoms with Crippen molar-refractivity contribution in [1.82, 2.24) is 0 Å². The zero-order chi connectivity index (χ0) is 7.40. The number of aliphatic hydroxyl groups excluding tert-OH is 1. The van der Waals surface area contributed by atoms with Crippen LogP contribution in [0.2, 0.25) is 0 Å². The van der Waals surface area contributed by atoms with Crippen LogP contribution in [0.1, 0.15) is 39.0 Å². The van der Waals surface area contributed by atoms with Gasteiger partial charge in [0.1, 0.15) is 0 Å². The first-order valence-electron chi connectivity index (χ1n) is 4.21. The Kier molecular flexibility index (Phi) is 2.79. The number of hydrogen-bond acceptors (Lipinski definition) is 1. The van der Waals surface area contributed by atoms with Crippen molar-refractivity contribution in [1.29, 1.82) is 0 Å². The molecule has 58 valence electrons. The second kappa shape index (κ2) is 3.65. The molecule has 1 nitrogen and oxygen atoms in total. The molecule has 0 saturated heterocycles. The summed E-state index contributed by atoms with van der Waals surface area (Å²) in [5, 5.41) is 9.06. The summed E-state index contributed by atoms with van der Waals surface area (Å²) in [6.45, 7) is 2.22. The molecule has 0 amide bonds. The van der Waals surface area contributed by atoms with Crippen molar-refractivity contribution >= 4 is 0 Å². The third kappa shape index (κ3) is 2.05. The minimum atomic E-state index is 0.604. The van der Waals surface area contributed by atoms with Crippen LogP contribution in [0, 0.1) is 5.92 Å². The van der Waals surface area contributed by atoms with Crippen LogP contribution in [0.5, 0.6) is 0 Å². The summed E-state index contributed by atoms with van der Waals surface area (Å²) in [5.74, 6) is 1.45. The van der Waals surface area contributed by atoms with Gasteiger partial charge in [0.15, 0.2) is 0 Å². The highest BCUT2D eigenvalue weighted by atomic mass is 16.3. The van der Waals surface area contributed by atoms with E-state index in [0.717, 1.165) is 18.8 Å². The molecule has 10 heavy (non-hydrogen) atoms. The van der Waals surface area contributed by atoms with Crippen molar-refractivity contribution < 1.29 is 5.11 Å². The van der Waals surface area contributed by atoms with Gasteiger partial charge in [-0.05, 0) is 24.8 Å². The Morgan fingerprint density at radius 2 is 2.50 bits per heavy atom. The Morgan fingerprint density at radius 3 is 3.00 bits per heavy atom. The van der Waals surface area contributed by atoms with Gasteiger partial charge in [-0.15, -0.1) is 0 Å². The highest BCUT2D eigenvalue weighted by Gasteiger charge is 2.11. The molecule has 0 aromatic carbocycles.